The number of ether oxygens (including phenoxy) is 3. The number of carbonyl (C=O) groups excluding carboxylic acids is 2. The minimum absolute atomic E-state index is 0.178. The lowest BCUT2D eigenvalue weighted by molar-refractivity contribution is -0.131. The monoisotopic (exact) mass is 492 g/mol. The Morgan fingerprint density at radius 2 is 1.81 bits per heavy atom. The number of carbonyl (C=O) groups is 2. The fourth-order valence-corrected chi connectivity index (χ4v) is 4.99. The van der Waals surface area contributed by atoms with Gasteiger partial charge in [-0.25, -0.2) is 4.79 Å². The van der Waals surface area contributed by atoms with Gasteiger partial charge >= 0.3 is 11.9 Å². The summed E-state index contributed by atoms with van der Waals surface area (Å²) in [7, 11) is 0. The maximum atomic E-state index is 12.8. The molecule has 32 heavy (non-hydrogen) atoms. The summed E-state index contributed by atoms with van der Waals surface area (Å²) in [4.78, 5) is 24.7. The first-order valence-electron chi connectivity index (χ1n) is 10.5. The van der Waals surface area contributed by atoms with Crippen LogP contribution >= 0.6 is 15.9 Å². The van der Waals surface area contributed by atoms with Gasteiger partial charge in [-0.15, -0.1) is 0 Å². The highest BCUT2D eigenvalue weighted by molar-refractivity contribution is 9.10. The average Bonchev–Trinajstić information content (AvgIpc) is 3.16. The lowest BCUT2D eigenvalue weighted by Gasteiger charge is -2.37. The van der Waals surface area contributed by atoms with E-state index in [0.717, 1.165) is 22.3 Å². The van der Waals surface area contributed by atoms with Crippen LogP contribution in [0.2, 0.25) is 0 Å². The highest BCUT2D eigenvalue weighted by Crippen LogP contribution is 2.55. The van der Waals surface area contributed by atoms with Gasteiger partial charge in [0, 0.05) is 27.7 Å². The van der Waals surface area contributed by atoms with Gasteiger partial charge in [0.2, 0.25) is 0 Å². The van der Waals surface area contributed by atoms with Crippen molar-refractivity contribution in [3.8, 4) is 23.0 Å². The smallest absolute Gasteiger partial charge is 0.343 e. The van der Waals surface area contributed by atoms with Crippen molar-refractivity contribution in [3.05, 3.63) is 80.8 Å². The fourth-order valence-electron chi connectivity index (χ4n) is 4.44. The summed E-state index contributed by atoms with van der Waals surface area (Å²) < 4.78 is 18.3. The molecule has 5 nitrogen and oxygen atoms in total. The maximum absolute atomic E-state index is 12.8. The Bertz CT molecular complexity index is 1280. The fraction of sp³-hybridized carbons (Fsp3) is 0.231. The number of esters is 2. The molecule has 3 aromatic carbocycles. The highest BCUT2D eigenvalue weighted by Gasteiger charge is 2.40. The van der Waals surface area contributed by atoms with Crippen LogP contribution in [0.5, 0.6) is 23.0 Å². The molecular weight excluding hydrogens is 472 g/mol. The van der Waals surface area contributed by atoms with Crippen LogP contribution in [-0.2, 0) is 23.1 Å². The minimum Gasteiger partial charge on any atom is -0.456 e. The van der Waals surface area contributed by atoms with Crippen molar-refractivity contribution in [2.75, 3.05) is 0 Å². The van der Waals surface area contributed by atoms with Crippen LogP contribution in [0.3, 0.4) is 0 Å². The van der Waals surface area contributed by atoms with Gasteiger partial charge < -0.3 is 14.2 Å². The molecule has 0 radical (unpaired) electrons. The third kappa shape index (κ3) is 3.13. The number of rotatable bonds is 3. The number of fused-ring (bicyclic) bond motifs is 4. The second-order valence-corrected chi connectivity index (χ2v) is 9.30. The summed E-state index contributed by atoms with van der Waals surface area (Å²) in [6.45, 7) is 6.24. The molecule has 5 rings (SSSR count). The van der Waals surface area contributed by atoms with Gasteiger partial charge in [0.25, 0.3) is 0 Å². The van der Waals surface area contributed by atoms with Gasteiger partial charge in [-0.2, -0.15) is 0 Å². The Balaban J connectivity index is 1.65. The molecule has 162 valence electrons. The summed E-state index contributed by atoms with van der Waals surface area (Å²) in [6.07, 6.45) is 0.771. The maximum Gasteiger partial charge on any atom is 0.343 e. The van der Waals surface area contributed by atoms with Gasteiger partial charge in [0.1, 0.15) is 17.2 Å². The predicted octanol–water partition coefficient (Wildman–Crippen LogP) is 6.12. The molecule has 0 saturated carbocycles. The zero-order chi connectivity index (χ0) is 22.6. The summed E-state index contributed by atoms with van der Waals surface area (Å²) in [5.74, 6) is 1.58. The third-order valence-electron chi connectivity index (χ3n) is 6.15. The molecule has 2 aliphatic rings. The van der Waals surface area contributed by atoms with Crippen LogP contribution in [0.25, 0.3) is 0 Å². The lowest BCUT2D eigenvalue weighted by Crippen LogP contribution is -2.26. The van der Waals surface area contributed by atoms with Gasteiger partial charge in [0.15, 0.2) is 5.75 Å². The molecule has 0 bridgehead atoms. The van der Waals surface area contributed by atoms with Gasteiger partial charge in [-0.05, 0) is 46.6 Å². The molecule has 0 N–H and O–H groups in total. The van der Waals surface area contributed by atoms with Gasteiger partial charge in [0.05, 0.1) is 16.5 Å². The van der Waals surface area contributed by atoms with E-state index in [4.69, 9.17) is 14.2 Å². The number of hydrogen-bond acceptors (Lipinski definition) is 5. The van der Waals surface area contributed by atoms with Gasteiger partial charge in [-0.1, -0.05) is 45.0 Å². The van der Waals surface area contributed by atoms with E-state index in [1.54, 1.807) is 24.3 Å². The Hall–Kier alpha value is -3.12. The number of benzene rings is 3. The quantitative estimate of drug-likeness (QED) is 0.325. The first-order chi connectivity index (χ1) is 15.3. The van der Waals surface area contributed by atoms with Crippen LogP contribution in [0.15, 0.2) is 53.0 Å². The van der Waals surface area contributed by atoms with Crippen molar-refractivity contribution in [2.45, 2.75) is 39.0 Å². The molecular formula is C26H21BrO5. The molecule has 0 saturated heterocycles. The van der Waals surface area contributed by atoms with Crippen LogP contribution in [0.1, 0.15) is 53.4 Å². The summed E-state index contributed by atoms with van der Waals surface area (Å²) in [5, 5.41) is 0. The zero-order valence-corrected chi connectivity index (χ0v) is 19.5. The molecule has 0 fully saturated rings. The number of hydrogen-bond donors (Lipinski definition) is 0. The van der Waals surface area contributed by atoms with E-state index < -0.39 is 11.4 Å². The van der Waals surface area contributed by atoms with E-state index in [-0.39, 0.29) is 12.4 Å². The van der Waals surface area contributed by atoms with Crippen molar-refractivity contribution in [1.82, 2.24) is 0 Å². The first-order valence-corrected chi connectivity index (χ1v) is 11.3. The number of halogens is 1. The van der Waals surface area contributed by atoms with E-state index in [1.807, 2.05) is 31.2 Å². The molecule has 0 aliphatic carbocycles. The predicted molar refractivity (Wildman–Crippen MR) is 123 cm³/mol. The van der Waals surface area contributed by atoms with E-state index in [0.29, 0.717) is 39.5 Å². The molecule has 2 aliphatic heterocycles. The molecule has 6 heteroatoms. The van der Waals surface area contributed by atoms with Crippen molar-refractivity contribution in [2.24, 2.45) is 0 Å². The summed E-state index contributed by atoms with van der Waals surface area (Å²) in [5.41, 5.74) is 3.61. The second-order valence-electron chi connectivity index (χ2n) is 8.45. The Labute approximate surface area is 194 Å². The average molecular weight is 493 g/mol. The van der Waals surface area contributed by atoms with E-state index >= 15 is 0 Å². The van der Waals surface area contributed by atoms with Crippen molar-refractivity contribution in [3.63, 3.8) is 0 Å². The molecule has 0 atom stereocenters. The molecule has 3 aromatic rings. The van der Waals surface area contributed by atoms with E-state index in [1.165, 1.54) is 0 Å². The first kappa shape index (κ1) is 20.8. The van der Waals surface area contributed by atoms with Crippen molar-refractivity contribution >= 4 is 27.9 Å². The molecule has 0 amide bonds. The van der Waals surface area contributed by atoms with Gasteiger partial charge in [-0.3, -0.25) is 4.79 Å². The lowest BCUT2D eigenvalue weighted by atomic mass is 9.74. The molecule has 2 heterocycles. The SMILES string of the molecule is CCc1c(OC(=O)c2ccccc2)c(Br)cc2c1Oc1c(ccc3c1CC(=O)O3)C2(C)C. The second kappa shape index (κ2) is 7.48. The van der Waals surface area contributed by atoms with Crippen LogP contribution in [-0.4, -0.2) is 11.9 Å². The van der Waals surface area contributed by atoms with Crippen LogP contribution < -0.4 is 14.2 Å². The summed E-state index contributed by atoms with van der Waals surface area (Å²) in [6, 6.07) is 14.6. The Morgan fingerprint density at radius 1 is 1.06 bits per heavy atom. The third-order valence-corrected chi connectivity index (χ3v) is 6.74. The minimum atomic E-state index is -0.434. The molecule has 0 spiro atoms. The largest absolute Gasteiger partial charge is 0.456 e. The Morgan fingerprint density at radius 3 is 2.53 bits per heavy atom. The highest BCUT2D eigenvalue weighted by atomic mass is 79.9. The van der Waals surface area contributed by atoms with Crippen LogP contribution in [0, 0.1) is 0 Å². The normalized spacial score (nSPS) is 15.2. The van der Waals surface area contributed by atoms with E-state index in [9.17, 15) is 9.59 Å². The topological polar surface area (TPSA) is 61.8 Å². The zero-order valence-electron chi connectivity index (χ0n) is 18.0. The van der Waals surface area contributed by atoms with E-state index in [2.05, 4.69) is 29.8 Å². The molecule has 0 aromatic heterocycles. The standard InChI is InChI=1S/C26H21BrO5/c1-4-15-22-18(13-19(27)24(15)32-25(29)14-8-6-5-7-9-14)26(2,3)17-10-11-20-16(23(17)31-22)12-21(28)30-20/h5-11,13H,4,12H2,1-3H3. The van der Waals surface area contributed by atoms with Crippen molar-refractivity contribution < 1.29 is 23.8 Å². The van der Waals surface area contributed by atoms with Crippen LogP contribution in [0.4, 0.5) is 0 Å². The molecule has 0 unspecified atom stereocenters. The van der Waals surface area contributed by atoms with Crippen molar-refractivity contribution in [1.29, 1.82) is 0 Å². The Kier molecular flexibility index (Phi) is 4.86. The summed E-state index contributed by atoms with van der Waals surface area (Å²) >= 11 is 3.62.